The lowest BCUT2D eigenvalue weighted by Crippen LogP contribution is -2.42. The van der Waals surface area contributed by atoms with E-state index in [0.717, 1.165) is 23.0 Å². The van der Waals surface area contributed by atoms with E-state index in [2.05, 4.69) is 12.2 Å². The third-order valence-corrected chi connectivity index (χ3v) is 5.88. The topological polar surface area (TPSA) is 64.6 Å². The molecule has 2 fully saturated rings. The summed E-state index contributed by atoms with van der Waals surface area (Å²) in [6.45, 7) is 5.51. The molecule has 26 heavy (non-hydrogen) atoms. The molecule has 1 aromatic carbocycles. The van der Waals surface area contributed by atoms with Crippen molar-refractivity contribution in [2.24, 2.45) is 17.8 Å². The van der Waals surface area contributed by atoms with Gasteiger partial charge in [-0.2, -0.15) is 0 Å². The molecule has 5 heteroatoms. The third-order valence-electron chi connectivity index (χ3n) is 5.88. The predicted molar refractivity (Wildman–Crippen MR) is 98.9 cm³/mol. The maximum Gasteiger partial charge on any atom is 0.344 e. The van der Waals surface area contributed by atoms with Crippen LogP contribution in [0.25, 0.3) is 0 Å². The minimum Gasteiger partial charge on any atom is -0.482 e. The predicted octanol–water partition coefficient (Wildman–Crippen LogP) is 3.17. The van der Waals surface area contributed by atoms with E-state index in [0.29, 0.717) is 11.7 Å². The second-order valence-corrected chi connectivity index (χ2v) is 7.91. The number of esters is 1. The van der Waals surface area contributed by atoms with E-state index >= 15 is 0 Å². The Bertz CT molecular complexity index is 672. The van der Waals surface area contributed by atoms with Crippen LogP contribution in [0.2, 0.25) is 0 Å². The molecule has 0 spiro atoms. The fourth-order valence-electron chi connectivity index (χ4n) is 4.50. The molecule has 2 saturated carbocycles. The molecular weight excluding hydrogens is 330 g/mol. The van der Waals surface area contributed by atoms with Gasteiger partial charge in [0.2, 0.25) is 0 Å². The van der Waals surface area contributed by atoms with Gasteiger partial charge >= 0.3 is 5.97 Å². The molecule has 2 aliphatic carbocycles. The summed E-state index contributed by atoms with van der Waals surface area (Å²) < 4.78 is 10.5. The average Bonchev–Trinajstić information content (AvgIpc) is 3.24. The largest absolute Gasteiger partial charge is 0.482 e. The molecule has 1 amide bonds. The minimum absolute atomic E-state index is 0.141. The normalized spacial score (nSPS) is 25.0. The van der Waals surface area contributed by atoms with Gasteiger partial charge in [0.1, 0.15) is 5.75 Å². The van der Waals surface area contributed by atoms with Crippen LogP contribution in [-0.4, -0.2) is 31.1 Å². The monoisotopic (exact) mass is 359 g/mol. The third kappa shape index (κ3) is 4.57. The number of aryl methyl sites for hydroxylation is 2. The zero-order chi connectivity index (χ0) is 18.7. The van der Waals surface area contributed by atoms with Crippen LogP contribution in [0.5, 0.6) is 5.75 Å². The molecule has 2 bridgehead atoms. The van der Waals surface area contributed by atoms with Gasteiger partial charge in [0, 0.05) is 6.04 Å². The van der Waals surface area contributed by atoms with Gasteiger partial charge in [0.15, 0.2) is 13.2 Å². The Labute approximate surface area is 155 Å². The Kier molecular flexibility index (Phi) is 5.84. The molecule has 0 saturated heterocycles. The van der Waals surface area contributed by atoms with Crippen molar-refractivity contribution in [3.8, 4) is 5.75 Å². The number of nitrogens with one attached hydrogen (secondary N) is 1. The summed E-state index contributed by atoms with van der Waals surface area (Å²) in [5.41, 5.74) is 2.02. The van der Waals surface area contributed by atoms with E-state index < -0.39 is 5.97 Å². The zero-order valence-electron chi connectivity index (χ0n) is 15.9. The number of ether oxygens (including phenoxy) is 2. The van der Waals surface area contributed by atoms with E-state index in [1.807, 2.05) is 32.0 Å². The zero-order valence-corrected chi connectivity index (χ0v) is 15.9. The quantitative estimate of drug-likeness (QED) is 0.760. The summed E-state index contributed by atoms with van der Waals surface area (Å²) >= 11 is 0. The summed E-state index contributed by atoms with van der Waals surface area (Å²) in [5, 5.41) is 3.00. The summed E-state index contributed by atoms with van der Waals surface area (Å²) in [4.78, 5) is 23.9. The molecule has 0 aliphatic heterocycles. The number of rotatable bonds is 7. The van der Waals surface area contributed by atoms with Crippen LogP contribution in [0.15, 0.2) is 18.2 Å². The highest BCUT2D eigenvalue weighted by Gasteiger charge is 2.42. The van der Waals surface area contributed by atoms with E-state index in [1.165, 1.54) is 25.7 Å². The number of carbonyl (C=O) groups is 2. The van der Waals surface area contributed by atoms with Crippen LogP contribution < -0.4 is 10.1 Å². The summed E-state index contributed by atoms with van der Waals surface area (Å²) in [6, 6.07) is 5.96. The molecule has 142 valence electrons. The van der Waals surface area contributed by atoms with E-state index in [9.17, 15) is 9.59 Å². The smallest absolute Gasteiger partial charge is 0.344 e. The van der Waals surface area contributed by atoms with Crippen LogP contribution in [0.3, 0.4) is 0 Å². The second-order valence-electron chi connectivity index (χ2n) is 7.91. The fraction of sp³-hybridized carbons (Fsp3) is 0.619. The van der Waals surface area contributed by atoms with Crippen molar-refractivity contribution in [2.45, 2.75) is 52.5 Å². The number of carbonyl (C=O) groups excluding carboxylic acids is 2. The Morgan fingerprint density at radius 2 is 2.00 bits per heavy atom. The lowest BCUT2D eigenvalue weighted by atomic mass is 9.84. The van der Waals surface area contributed by atoms with Crippen molar-refractivity contribution >= 4 is 11.9 Å². The summed E-state index contributed by atoms with van der Waals surface area (Å²) in [5.74, 6) is 2.07. The first-order valence-corrected chi connectivity index (χ1v) is 9.57. The molecule has 2 aliphatic rings. The van der Waals surface area contributed by atoms with Crippen LogP contribution in [0.4, 0.5) is 0 Å². The Balaban J connectivity index is 1.37. The van der Waals surface area contributed by atoms with Crippen molar-refractivity contribution in [3.63, 3.8) is 0 Å². The number of amides is 1. The van der Waals surface area contributed by atoms with Gasteiger partial charge in [0.25, 0.3) is 5.91 Å². The molecule has 1 N–H and O–H groups in total. The Hall–Kier alpha value is -2.04. The van der Waals surface area contributed by atoms with Gasteiger partial charge in [-0.15, -0.1) is 0 Å². The van der Waals surface area contributed by atoms with Crippen molar-refractivity contribution in [1.82, 2.24) is 5.32 Å². The maximum absolute atomic E-state index is 12.1. The van der Waals surface area contributed by atoms with Crippen molar-refractivity contribution in [3.05, 3.63) is 29.3 Å². The molecule has 0 unspecified atom stereocenters. The van der Waals surface area contributed by atoms with E-state index in [1.54, 1.807) is 0 Å². The molecule has 0 radical (unpaired) electrons. The number of fused-ring (bicyclic) bond motifs is 2. The van der Waals surface area contributed by atoms with Gasteiger partial charge < -0.3 is 14.8 Å². The van der Waals surface area contributed by atoms with Crippen LogP contribution >= 0.6 is 0 Å². The first-order valence-electron chi connectivity index (χ1n) is 9.57. The second kappa shape index (κ2) is 8.11. The molecule has 0 aromatic heterocycles. The first-order chi connectivity index (χ1) is 12.4. The lowest BCUT2D eigenvalue weighted by Gasteiger charge is -2.28. The summed E-state index contributed by atoms with van der Waals surface area (Å²) in [7, 11) is 0. The Morgan fingerprint density at radius 3 is 2.69 bits per heavy atom. The van der Waals surface area contributed by atoms with Crippen molar-refractivity contribution < 1.29 is 19.1 Å². The SMILES string of the molecule is Cc1ccc(C)c(OCC(=O)OCC(=O)N[C@@H](C)[C@@H]2C[C@H]3CC[C@H]2C3)c1. The lowest BCUT2D eigenvalue weighted by molar-refractivity contribution is -0.150. The minimum atomic E-state index is -0.534. The van der Waals surface area contributed by atoms with E-state index in [-0.39, 0.29) is 25.2 Å². The highest BCUT2D eigenvalue weighted by Crippen LogP contribution is 2.49. The maximum atomic E-state index is 12.1. The number of hydrogen-bond acceptors (Lipinski definition) is 4. The van der Waals surface area contributed by atoms with Crippen molar-refractivity contribution in [1.29, 1.82) is 0 Å². The highest BCUT2D eigenvalue weighted by molar-refractivity contribution is 5.81. The first kappa shape index (κ1) is 18.7. The molecule has 0 heterocycles. The van der Waals surface area contributed by atoms with Gasteiger partial charge in [0.05, 0.1) is 0 Å². The molecule has 4 atom stereocenters. The molecular formula is C21H29NO4. The van der Waals surface area contributed by atoms with Gasteiger partial charge in [-0.3, -0.25) is 4.79 Å². The van der Waals surface area contributed by atoms with Gasteiger partial charge in [-0.05, 0) is 75.0 Å². The molecule has 1 aromatic rings. The van der Waals surface area contributed by atoms with Gasteiger partial charge in [-0.25, -0.2) is 4.79 Å². The van der Waals surface area contributed by atoms with Crippen LogP contribution in [0, 0.1) is 31.6 Å². The van der Waals surface area contributed by atoms with Crippen LogP contribution in [-0.2, 0) is 14.3 Å². The van der Waals surface area contributed by atoms with Gasteiger partial charge in [-0.1, -0.05) is 18.6 Å². The average molecular weight is 359 g/mol. The van der Waals surface area contributed by atoms with E-state index in [4.69, 9.17) is 9.47 Å². The van der Waals surface area contributed by atoms with Crippen LogP contribution in [0.1, 0.15) is 43.7 Å². The van der Waals surface area contributed by atoms with Crippen molar-refractivity contribution in [2.75, 3.05) is 13.2 Å². The standard InChI is InChI=1S/C21H29NO4/c1-13-4-5-14(2)19(8-13)25-12-21(24)26-11-20(23)22-15(3)18-10-16-6-7-17(18)9-16/h4-5,8,15-18H,6-7,9-12H2,1-3H3,(H,22,23)/t15-,16-,17-,18-/m0/s1. The number of benzene rings is 1. The summed E-state index contributed by atoms with van der Waals surface area (Å²) in [6.07, 6.45) is 5.17. The molecule has 5 nitrogen and oxygen atoms in total. The number of hydrogen-bond donors (Lipinski definition) is 1. The fourth-order valence-corrected chi connectivity index (χ4v) is 4.50. The highest BCUT2D eigenvalue weighted by atomic mass is 16.6. The Morgan fingerprint density at radius 1 is 1.19 bits per heavy atom. The molecule has 3 rings (SSSR count).